The molecule has 2 bridgehead atoms. The van der Waals surface area contributed by atoms with Crippen molar-refractivity contribution in [1.82, 2.24) is 15.5 Å². The van der Waals surface area contributed by atoms with Gasteiger partial charge in [0.2, 0.25) is 12.2 Å². The molecule has 2 N–H and O–H groups in total. The van der Waals surface area contributed by atoms with E-state index in [0.717, 1.165) is 11.1 Å². The summed E-state index contributed by atoms with van der Waals surface area (Å²) < 4.78 is 48.8. The highest BCUT2D eigenvalue weighted by molar-refractivity contribution is 6.74. The van der Waals surface area contributed by atoms with Crippen LogP contribution in [0.5, 0.6) is 11.5 Å². The Kier molecular flexibility index (Phi) is 15.5. The van der Waals surface area contributed by atoms with Gasteiger partial charge in [-0.2, -0.15) is 0 Å². The number of benzene rings is 3. The van der Waals surface area contributed by atoms with Crippen LogP contribution in [-0.2, 0) is 59.4 Å². The SMILES string of the molecule is CN1CC[C@]23c4c5ccc(O[Si](C)(C)C(C)(C)C)c4O[C@H]2C(OC(=O)CCNC(=O)[C@@H](OC(=O)OC(C)(C)C)c2ccccc2)=CC[C@@]3(OC(=O)CCNC(=O)[C@@H](OC(=O)OC(C)(C)C)c2ccccc2)[C@H]1C5. The second-order valence-electron chi connectivity index (χ2n) is 22.7. The summed E-state index contributed by atoms with van der Waals surface area (Å²) in [5, 5.41) is 5.31. The molecule has 2 aliphatic carbocycles. The number of rotatable bonds is 16. The van der Waals surface area contributed by atoms with Crippen molar-refractivity contribution in [3.63, 3.8) is 0 Å². The highest BCUT2D eigenvalue weighted by Crippen LogP contribution is 2.67. The minimum absolute atomic E-state index is 0.136. The molecule has 18 heteroatoms. The van der Waals surface area contributed by atoms with Crippen molar-refractivity contribution in [2.24, 2.45) is 0 Å². The predicted molar refractivity (Wildman–Crippen MR) is 271 cm³/mol. The molecule has 0 radical (unpaired) electrons. The Morgan fingerprint density at radius 2 is 1.26 bits per heavy atom. The van der Waals surface area contributed by atoms with Crippen molar-refractivity contribution in [2.45, 2.75) is 159 Å². The highest BCUT2D eigenvalue weighted by atomic mass is 28.4. The maximum atomic E-state index is 14.4. The first-order chi connectivity index (χ1) is 34.1. The molecule has 73 heavy (non-hydrogen) atoms. The van der Waals surface area contributed by atoms with Gasteiger partial charge in [0.1, 0.15) is 28.3 Å². The summed E-state index contributed by atoms with van der Waals surface area (Å²) in [6, 6.07) is 20.7. The van der Waals surface area contributed by atoms with Crippen LogP contribution in [0.25, 0.3) is 0 Å². The second-order valence-corrected chi connectivity index (χ2v) is 27.4. The number of carbonyl (C=O) groups excluding carboxylic acids is 6. The van der Waals surface area contributed by atoms with Crippen LogP contribution in [0.1, 0.15) is 122 Å². The molecule has 0 saturated carbocycles. The monoisotopic (exact) mass is 1030 g/mol. The van der Waals surface area contributed by atoms with Gasteiger partial charge in [-0.05, 0) is 104 Å². The molecular weight excluding hydrogens is 955 g/mol. The fourth-order valence-electron chi connectivity index (χ4n) is 9.84. The molecule has 3 aromatic rings. The average Bonchev–Trinajstić information content (AvgIpc) is 3.65. The van der Waals surface area contributed by atoms with Crippen molar-refractivity contribution in [3.05, 3.63) is 107 Å². The van der Waals surface area contributed by atoms with Gasteiger partial charge < -0.3 is 48.2 Å². The largest absolute Gasteiger partial charge is 0.541 e. The van der Waals surface area contributed by atoms with Gasteiger partial charge in [-0.25, -0.2) is 9.59 Å². The normalized spacial score (nSPS) is 21.9. The molecular formula is C55H71N3O14Si. The summed E-state index contributed by atoms with van der Waals surface area (Å²) >= 11 is 0. The van der Waals surface area contributed by atoms with Gasteiger partial charge in [0.25, 0.3) is 20.1 Å². The van der Waals surface area contributed by atoms with E-state index in [1.54, 1.807) is 108 Å². The van der Waals surface area contributed by atoms with E-state index in [-0.39, 0.29) is 49.2 Å². The van der Waals surface area contributed by atoms with Crippen LogP contribution in [0.4, 0.5) is 9.59 Å². The molecule has 6 atom stereocenters. The lowest BCUT2D eigenvalue weighted by molar-refractivity contribution is -0.206. The smallest absolute Gasteiger partial charge is 0.509 e. The number of amides is 2. The van der Waals surface area contributed by atoms with Crippen molar-refractivity contribution >= 4 is 44.4 Å². The summed E-state index contributed by atoms with van der Waals surface area (Å²) in [7, 11) is -0.445. The average molecular weight is 1030 g/mol. The van der Waals surface area contributed by atoms with E-state index in [1.807, 2.05) is 13.1 Å². The molecule has 1 saturated heterocycles. The van der Waals surface area contributed by atoms with Crippen LogP contribution >= 0.6 is 0 Å². The van der Waals surface area contributed by atoms with Gasteiger partial charge in [-0.3, -0.25) is 24.1 Å². The van der Waals surface area contributed by atoms with E-state index in [0.29, 0.717) is 42.0 Å². The van der Waals surface area contributed by atoms with Gasteiger partial charge in [0, 0.05) is 36.2 Å². The van der Waals surface area contributed by atoms with Crippen molar-refractivity contribution < 1.29 is 66.4 Å². The lowest BCUT2D eigenvalue weighted by Gasteiger charge is -2.62. The van der Waals surface area contributed by atoms with Gasteiger partial charge in [-0.15, -0.1) is 0 Å². The Balaban J connectivity index is 1.14. The number of likely N-dealkylation sites (N-methyl/N-ethyl adjacent to an activating group) is 1. The first-order valence-corrected chi connectivity index (χ1v) is 27.8. The zero-order chi connectivity index (χ0) is 53.3. The minimum atomic E-state index is -2.45. The van der Waals surface area contributed by atoms with E-state index in [1.165, 1.54) is 0 Å². The molecule has 1 spiro atoms. The zero-order valence-corrected chi connectivity index (χ0v) is 45.1. The Bertz CT molecular complexity index is 2600. The van der Waals surface area contributed by atoms with E-state index in [4.69, 9.17) is 37.6 Å². The molecule has 4 aliphatic rings. The third-order valence-electron chi connectivity index (χ3n) is 14.1. The molecule has 2 aliphatic heterocycles. The number of esters is 2. The summed E-state index contributed by atoms with van der Waals surface area (Å²) in [6.07, 6.45) is -3.25. The fourth-order valence-corrected chi connectivity index (χ4v) is 10.9. The number of nitrogens with one attached hydrogen (secondary N) is 2. The van der Waals surface area contributed by atoms with Crippen molar-refractivity contribution in [1.29, 1.82) is 0 Å². The van der Waals surface area contributed by atoms with Crippen LogP contribution in [0.15, 0.2) is 84.6 Å². The van der Waals surface area contributed by atoms with E-state index in [9.17, 15) is 28.8 Å². The summed E-state index contributed by atoms with van der Waals surface area (Å²) in [4.78, 5) is 83.2. The first kappa shape index (κ1) is 54.4. The molecule has 2 amide bonds. The number of nitrogens with zero attached hydrogens (tertiary/aromatic N) is 1. The number of hydrogen-bond acceptors (Lipinski definition) is 15. The third kappa shape index (κ3) is 11.7. The van der Waals surface area contributed by atoms with E-state index >= 15 is 0 Å². The summed E-state index contributed by atoms with van der Waals surface area (Å²) in [5.41, 5.74) is -1.30. The van der Waals surface area contributed by atoms with Crippen LogP contribution < -0.4 is 19.8 Å². The van der Waals surface area contributed by atoms with Gasteiger partial charge >= 0.3 is 24.2 Å². The molecule has 0 unspecified atom stereocenters. The second kappa shape index (κ2) is 20.8. The maximum absolute atomic E-state index is 14.4. The molecule has 0 aromatic heterocycles. The maximum Gasteiger partial charge on any atom is 0.509 e. The Morgan fingerprint density at radius 3 is 1.77 bits per heavy atom. The Morgan fingerprint density at radius 1 is 0.740 bits per heavy atom. The molecule has 3 aromatic carbocycles. The van der Waals surface area contributed by atoms with E-state index < -0.39 is 84.9 Å². The van der Waals surface area contributed by atoms with Crippen LogP contribution in [-0.4, -0.2) is 105 Å². The van der Waals surface area contributed by atoms with Gasteiger partial charge in [0.05, 0.1) is 24.3 Å². The molecule has 2 heterocycles. The van der Waals surface area contributed by atoms with Crippen molar-refractivity contribution in [2.75, 3.05) is 26.7 Å². The van der Waals surface area contributed by atoms with E-state index in [2.05, 4.69) is 55.5 Å². The fraction of sp³-hybridized carbons (Fsp3) is 0.527. The van der Waals surface area contributed by atoms with Crippen molar-refractivity contribution in [3.8, 4) is 11.5 Å². The number of carbonyl (C=O) groups is 6. The lowest BCUT2D eigenvalue weighted by atomic mass is 9.50. The minimum Gasteiger partial charge on any atom is -0.541 e. The third-order valence-corrected chi connectivity index (χ3v) is 18.5. The first-order valence-electron chi connectivity index (χ1n) is 24.9. The standard InChI is InChI=1S/C55H71N3O14Si/c1-51(2,3)70-49(63)67-43(34-19-15-13-16-20-34)47(61)56-30-26-40(59)65-38-25-28-55(69-41(60)27-31-57-48(62)44(35-21-17-14-18-22-35)68-50(64)71-52(4,5)6)39-33-36-23-24-37(72-73(11,12)53(7,8)9)45-42(36)54(55,46(38)66-45)29-32-58(39)10/h13-25,39,43-44,46H,26-33H2,1-12H3,(H,56,61)(H,57,62)/t39-,43+,44+,46+,54+,55-/m1/s1. The van der Waals surface area contributed by atoms with Crippen LogP contribution in [0, 0.1) is 0 Å². The number of ether oxygens (including phenoxy) is 7. The topological polar surface area (TPSA) is 204 Å². The molecule has 1 fully saturated rings. The molecule has 7 rings (SSSR count). The highest BCUT2D eigenvalue weighted by Gasteiger charge is 2.74. The number of likely N-dealkylation sites (tertiary alicyclic amines) is 1. The summed E-state index contributed by atoms with van der Waals surface area (Å²) in [6.45, 7) is 21.2. The predicted octanol–water partition coefficient (Wildman–Crippen LogP) is 8.84. The van der Waals surface area contributed by atoms with Gasteiger partial charge in [0.15, 0.2) is 11.9 Å². The van der Waals surface area contributed by atoms with Crippen LogP contribution in [0.2, 0.25) is 18.1 Å². The molecule has 394 valence electrons. The summed E-state index contributed by atoms with van der Waals surface area (Å²) in [5.74, 6) is -1.22. The Labute approximate surface area is 429 Å². The number of hydrogen-bond donors (Lipinski definition) is 2. The number of piperidine rings is 1. The quantitative estimate of drug-likeness (QED) is 0.0782. The lowest BCUT2D eigenvalue weighted by Crippen LogP contribution is -2.75. The zero-order valence-electron chi connectivity index (χ0n) is 44.1. The molecule has 17 nitrogen and oxygen atoms in total. The Hall–Kier alpha value is -6.40. The van der Waals surface area contributed by atoms with Crippen LogP contribution in [0.3, 0.4) is 0 Å². The van der Waals surface area contributed by atoms with Gasteiger partial charge in [-0.1, -0.05) is 87.5 Å².